The first kappa shape index (κ1) is 10.2. The molecular weight excluding hydrogens is 234 g/mol. The summed E-state index contributed by atoms with van der Waals surface area (Å²) in [4.78, 5) is 22.3. The number of Topliss-reactive ketones (excluding diaryl/α,β-unsaturated/α-hetero) is 1. The van der Waals surface area contributed by atoms with Crippen LogP contribution in [0.1, 0.15) is 12.5 Å². The van der Waals surface area contributed by atoms with E-state index in [9.17, 15) is 9.59 Å². The molecule has 0 atom stereocenters. The number of carbonyl (C=O) groups excluding carboxylic acids is 1. The van der Waals surface area contributed by atoms with Crippen molar-refractivity contribution in [1.29, 1.82) is 0 Å². The normalized spacial score (nSPS) is 10.1. The molecule has 0 radical (unpaired) electrons. The summed E-state index contributed by atoms with van der Waals surface area (Å²) in [5, 5.41) is 0. The highest BCUT2D eigenvalue weighted by molar-refractivity contribution is 9.10. The molecule has 0 unspecified atom stereocenters. The Hall–Kier alpha value is -0.900. The third-order valence-corrected chi connectivity index (χ3v) is 2.06. The van der Waals surface area contributed by atoms with Gasteiger partial charge in [-0.2, -0.15) is 0 Å². The number of pyridine rings is 1. The van der Waals surface area contributed by atoms with Crippen molar-refractivity contribution < 1.29 is 4.79 Å². The first-order chi connectivity index (χ1) is 6.00. The Kier molecular flexibility index (Phi) is 3.03. The molecule has 1 aromatic heterocycles. The number of aryl methyl sites for hydroxylation is 1. The lowest BCUT2D eigenvalue weighted by Gasteiger charge is -2.04. The molecule has 0 spiro atoms. The zero-order valence-corrected chi connectivity index (χ0v) is 9.09. The van der Waals surface area contributed by atoms with E-state index in [2.05, 4.69) is 15.9 Å². The van der Waals surface area contributed by atoms with Crippen LogP contribution in [-0.2, 0) is 11.3 Å². The van der Waals surface area contributed by atoms with Crippen LogP contribution in [0.4, 0.5) is 0 Å². The van der Waals surface area contributed by atoms with E-state index in [0.29, 0.717) is 5.56 Å². The molecule has 0 aromatic carbocycles. The maximum absolute atomic E-state index is 11.4. The topological polar surface area (TPSA) is 39.1 Å². The van der Waals surface area contributed by atoms with Gasteiger partial charge in [0.2, 0.25) is 0 Å². The molecular formula is C9H10BrNO2. The van der Waals surface area contributed by atoms with Gasteiger partial charge in [-0.3, -0.25) is 9.59 Å². The fraction of sp³-hybridized carbons (Fsp3) is 0.333. The Balaban J connectivity index is 3.21. The van der Waals surface area contributed by atoms with Crippen LogP contribution in [0, 0.1) is 6.92 Å². The van der Waals surface area contributed by atoms with Crippen LogP contribution >= 0.6 is 15.9 Å². The van der Waals surface area contributed by atoms with Gasteiger partial charge in [0.1, 0.15) is 5.78 Å². The molecule has 0 aliphatic carbocycles. The van der Waals surface area contributed by atoms with Crippen LogP contribution in [0.2, 0.25) is 0 Å². The molecule has 3 nitrogen and oxygen atoms in total. The second-order valence-electron chi connectivity index (χ2n) is 2.98. The highest BCUT2D eigenvalue weighted by Crippen LogP contribution is 2.07. The third-order valence-electron chi connectivity index (χ3n) is 1.62. The van der Waals surface area contributed by atoms with Gasteiger partial charge in [-0.15, -0.1) is 0 Å². The summed E-state index contributed by atoms with van der Waals surface area (Å²) in [6, 6.07) is 1.74. The molecule has 13 heavy (non-hydrogen) atoms. The lowest BCUT2D eigenvalue weighted by molar-refractivity contribution is -0.117. The number of ketones is 1. The maximum Gasteiger partial charge on any atom is 0.253 e. The predicted octanol–water partition coefficient (Wildman–Crippen LogP) is 1.51. The summed E-state index contributed by atoms with van der Waals surface area (Å²) in [5.41, 5.74) is 0.522. The van der Waals surface area contributed by atoms with E-state index in [-0.39, 0.29) is 17.9 Å². The molecule has 0 amide bonds. The van der Waals surface area contributed by atoms with Gasteiger partial charge < -0.3 is 4.57 Å². The molecule has 0 saturated heterocycles. The number of halogens is 1. The molecule has 0 N–H and O–H groups in total. The Labute approximate surface area is 84.5 Å². The van der Waals surface area contributed by atoms with Gasteiger partial charge in [0.15, 0.2) is 0 Å². The molecule has 1 aromatic rings. The minimum Gasteiger partial charge on any atom is -0.307 e. The fourth-order valence-electron chi connectivity index (χ4n) is 1.10. The van der Waals surface area contributed by atoms with Crippen molar-refractivity contribution in [2.45, 2.75) is 20.4 Å². The van der Waals surface area contributed by atoms with Crippen LogP contribution in [0.5, 0.6) is 0 Å². The Morgan fingerprint density at radius 3 is 2.77 bits per heavy atom. The van der Waals surface area contributed by atoms with E-state index < -0.39 is 0 Å². The van der Waals surface area contributed by atoms with Gasteiger partial charge >= 0.3 is 0 Å². The number of aromatic nitrogens is 1. The quantitative estimate of drug-likeness (QED) is 0.790. The van der Waals surface area contributed by atoms with Gasteiger partial charge in [-0.05, 0) is 35.8 Å². The van der Waals surface area contributed by atoms with Crippen LogP contribution in [0.25, 0.3) is 0 Å². The minimum absolute atomic E-state index is 0.0281. The van der Waals surface area contributed by atoms with Crippen molar-refractivity contribution in [3.63, 3.8) is 0 Å². The largest absolute Gasteiger partial charge is 0.307 e. The van der Waals surface area contributed by atoms with Gasteiger partial charge in [0.25, 0.3) is 5.56 Å². The van der Waals surface area contributed by atoms with Crippen molar-refractivity contribution in [3.8, 4) is 0 Å². The highest BCUT2D eigenvalue weighted by atomic mass is 79.9. The van der Waals surface area contributed by atoms with Crippen molar-refractivity contribution in [2.75, 3.05) is 0 Å². The zero-order valence-electron chi connectivity index (χ0n) is 7.50. The molecule has 0 aliphatic heterocycles. The van der Waals surface area contributed by atoms with E-state index >= 15 is 0 Å². The summed E-state index contributed by atoms with van der Waals surface area (Å²) < 4.78 is 2.22. The van der Waals surface area contributed by atoms with Crippen molar-refractivity contribution in [1.82, 2.24) is 4.57 Å². The van der Waals surface area contributed by atoms with Gasteiger partial charge in [-0.25, -0.2) is 0 Å². The first-order valence-corrected chi connectivity index (χ1v) is 4.66. The molecule has 4 heteroatoms. The van der Waals surface area contributed by atoms with Crippen LogP contribution in [-0.4, -0.2) is 10.4 Å². The molecule has 1 rings (SSSR count). The van der Waals surface area contributed by atoms with E-state index in [1.54, 1.807) is 19.2 Å². The SMILES string of the molecule is CC(=O)Cn1cc(Br)cc(C)c1=O. The summed E-state index contributed by atoms with van der Waals surface area (Å²) in [6.07, 6.45) is 1.62. The second-order valence-corrected chi connectivity index (χ2v) is 3.89. The number of rotatable bonds is 2. The molecule has 1 heterocycles. The molecule has 0 fully saturated rings. The predicted molar refractivity (Wildman–Crippen MR) is 53.8 cm³/mol. The summed E-state index contributed by atoms with van der Waals surface area (Å²) >= 11 is 3.27. The minimum atomic E-state index is -0.113. The van der Waals surface area contributed by atoms with Crippen LogP contribution < -0.4 is 5.56 Å². The first-order valence-electron chi connectivity index (χ1n) is 3.86. The van der Waals surface area contributed by atoms with E-state index in [1.807, 2.05) is 0 Å². The summed E-state index contributed by atoms with van der Waals surface area (Å²) in [7, 11) is 0. The third kappa shape index (κ3) is 2.52. The monoisotopic (exact) mass is 243 g/mol. The summed E-state index contributed by atoms with van der Waals surface area (Å²) in [6.45, 7) is 3.32. The second kappa shape index (κ2) is 3.87. The van der Waals surface area contributed by atoms with Crippen molar-refractivity contribution >= 4 is 21.7 Å². The number of nitrogens with zero attached hydrogens (tertiary/aromatic N) is 1. The smallest absolute Gasteiger partial charge is 0.253 e. The lowest BCUT2D eigenvalue weighted by Crippen LogP contribution is -2.24. The van der Waals surface area contributed by atoms with Gasteiger partial charge in [0.05, 0.1) is 6.54 Å². The number of hydrogen-bond acceptors (Lipinski definition) is 2. The molecule has 70 valence electrons. The van der Waals surface area contributed by atoms with E-state index in [4.69, 9.17) is 0 Å². The fourth-order valence-corrected chi connectivity index (χ4v) is 1.69. The number of hydrogen-bond donors (Lipinski definition) is 0. The van der Waals surface area contributed by atoms with E-state index in [1.165, 1.54) is 11.5 Å². The number of carbonyl (C=O) groups is 1. The van der Waals surface area contributed by atoms with Gasteiger partial charge in [-0.1, -0.05) is 0 Å². The standard InChI is InChI=1S/C9H10BrNO2/c1-6-3-8(10)5-11(9(6)13)4-7(2)12/h3,5H,4H2,1-2H3. The van der Waals surface area contributed by atoms with Crippen molar-refractivity contribution in [3.05, 3.63) is 32.7 Å². The average molecular weight is 244 g/mol. The Morgan fingerprint density at radius 1 is 1.62 bits per heavy atom. The van der Waals surface area contributed by atoms with Crippen LogP contribution in [0.3, 0.4) is 0 Å². The molecule has 0 saturated carbocycles. The summed E-state index contributed by atoms with van der Waals surface area (Å²) in [5.74, 6) is -0.0281. The molecule has 0 bridgehead atoms. The average Bonchev–Trinajstić information content (AvgIpc) is 1.98. The van der Waals surface area contributed by atoms with Crippen molar-refractivity contribution in [2.24, 2.45) is 0 Å². The zero-order chi connectivity index (χ0) is 10.0. The highest BCUT2D eigenvalue weighted by Gasteiger charge is 2.03. The molecule has 0 aliphatic rings. The van der Waals surface area contributed by atoms with E-state index in [0.717, 1.165) is 4.47 Å². The lowest BCUT2D eigenvalue weighted by atomic mass is 10.3. The maximum atomic E-state index is 11.4. The van der Waals surface area contributed by atoms with Crippen LogP contribution in [0.15, 0.2) is 21.5 Å². The Morgan fingerprint density at radius 2 is 2.23 bits per heavy atom. The Bertz CT molecular complexity index is 395. The van der Waals surface area contributed by atoms with Gasteiger partial charge in [0, 0.05) is 16.2 Å².